The third-order valence-corrected chi connectivity index (χ3v) is 6.57. The number of rotatable bonds is 13. The number of aromatic hydroxyl groups is 2. The maximum Gasteiger partial charge on any atom is 0.305 e. The van der Waals surface area contributed by atoms with Crippen LogP contribution in [0.25, 0.3) is 0 Å². The molecule has 0 bridgehead atoms. The van der Waals surface area contributed by atoms with Crippen LogP contribution in [-0.2, 0) is 16.0 Å². The molecule has 3 rings (SSSR count). The lowest BCUT2D eigenvalue weighted by Crippen LogP contribution is -2.08. The predicted octanol–water partition coefficient (Wildman–Crippen LogP) is 5.51. The smallest absolute Gasteiger partial charge is 0.305 e. The first kappa shape index (κ1) is 26.4. The van der Waals surface area contributed by atoms with Gasteiger partial charge in [0.05, 0.1) is 25.9 Å². The van der Waals surface area contributed by atoms with Gasteiger partial charge in [0.1, 0.15) is 23.0 Å². The molecule has 1 aliphatic rings. The van der Waals surface area contributed by atoms with Crippen LogP contribution >= 0.6 is 0 Å². The van der Waals surface area contributed by atoms with E-state index in [9.17, 15) is 19.8 Å². The monoisotopic (exact) mass is 484 g/mol. The van der Waals surface area contributed by atoms with Crippen LogP contribution in [-0.4, -0.2) is 42.3 Å². The van der Waals surface area contributed by atoms with E-state index in [1.54, 1.807) is 37.3 Å². The van der Waals surface area contributed by atoms with E-state index in [0.29, 0.717) is 60.2 Å². The Bertz CT molecular complexity index is 1010. The van der Waals surface area contributed by atoms with Crippen LogP contribution in [0.4, 0.5) is 0 Å². The summed E-state index contributed by atoms with van der Waals surface area (Å²) in [4.78, 5) is 23.9. The summed E-state index contributed by atoms with van der Waals surface area (Å²) in [6, 6.07) is 8.41. The number of ether oxygens (including phenoxy) is 3. The Kier molecular flexibility index (Phi) is 9.82. The van der Waals surface area contributed by atoms with Crippen LogP contribution < -0.4 is 9.47 Å². The first-order valence-electron chi connectivity index (χ1n) is 12.4. The van der Waals surface area contributed by atoms with Crippen LogP contribution in [0, 0.1) is 12.8 Å². The lowest BCUT2D eigenvalue weighted by Gasteiger charge is -2.14. The number of Topliss-reactive ketones (excluding diaryl/α,β-unsaturated/α-hetero) is 1. The van der Waals surface area contributed by atoms with E-state index in [-0.39, 0.29) is 29.7 Å². The lowest BCUT2D eigenvalue weighted by atomic mass is 9.95. The van der Waals surface area contributed by atoms with Gasteiger partial charge in [-0.25, -0.2) is 0 Å². The normalized spacial score (nSPS) is 13.5. The Hall–Kier alpha value is -3.22. The van der Waals surface area contributed by atoms with Crippen molar-refractivity contribution < 1.29 is 34.0 Å². The molecule has 0 amide bonds. The Morgan fingerprint density at radius 2 is 1.71 bits per heavy atom. The topological polar surface area (TPSA) is 102 Å². The third kappa shape index (κ3) is 7.64. The van der Waals surface area contributed by atoms with Crippen molar-refractivity contribution in [2.24, 2.45) is 5.92 Å². The Balaban J connectivity index is 1.41. The van der Waals surface area contributed by atoms with Crippen molar-refractivity contribution in [2.75, 3.05) is 20.3 Å². The van der Waals surface area contributed by atoms with Gasteiger partial charge < -0.3 is 24.4 Å². The number of carbonyl (C=O) groups excluding carboxylic acids is 2. The van der Waals surface area contributed by atoms with Gasteiger partial charge >= 0.3 is 5.97 Å². The van der Waals surface area contributed by atoms with E-state index in [1.807, 2.05) is 0 Å². The summed E-state index contributed by atoms with van der Waals surface area (Å²) in [6.45, 7) is 2.70. The standard InChI is InChI=1S/C28H36O7/c1-19-26(13-11-23(28(19)32)25(30)17-20-7-3-4-8-20)35-16-6-5-15-34-22-10-12-24(29)21(18-22)9-14-27(31)33-2/h10-13,18,20,29,32H,3-9,14-17H2,1-2H3. The van der Waals surface area contributed by atoms with Gasteiger partial charge in [0.25, 0.3) is 0 Å². The number of esters is 1. The molecule has 0 spiro atoms. The quantitative estimate of drug-likeness (QED) is 0.219. The van der Waals surface area contributed by atoms with E-state index >= 15 is 0 Å². The van der Waals surface area contributed by atoms with Crippen molar-refractivity contribution in [1.82, 2.24) is 0 Å². The van der Waals surface area contributed by atoms with Gasteiger partial charge in [-0.3, -0.25) is 9.59 Å². The summed E-state index contributed by atoms with van der Waals surface area (Å²) in [7, 11) is 1.34. The van der Waals surface area contributed by atoms with E-state index in [4.69, 9.17) is 9.47 Å². The van der Waals surface area contributed by atoms with Gasteiger partial charge in [-0.2, -0.15) is 0 Å². The van der Waals surface area contributed by atoms with Gasteiger partial charge in [0.2, 0.25) is 0 Å². The first-order chi connectivity index (χ1) is 16.9. The van der Waals surface area contributed by atoms with Gasteiger partial charge in [-0.1, -0.05) is 25.7 Å². The van der Waals surface area contributed by atoms with E-state index in [1.165, 1.54) is 20.0 Å². The number of unbranched alkanes of at least 4 members (excludes halogenated alkanes) is 1. The number of phenolic OH excluding ortho intramolecular Hbond substituents is 2. The van der Waals surface area contributed by atoms with Crippen molar-refractivity contribution in [3.8, 4) is 23.0 Å². The maximum atomic E-state index is 12.6. The van der Waals surface area contributed by atoms with Crippen molar-refractivity contribution >= 4 is 11.8 Å². The largest absolute Gasteiger partial charge is 0.508 e. The van der Waals surface area contributed by atoms with E-state index in [2.05, 4.69) is 4.74 Å². The third-order valence-electron chi connectivity index (χ3n) is 6.57. The molecule has 0 heterocycles. The zero-order chi connectivity index (χ0) is 25.2. The molecule has 0 atom stereocenters. The molecule has 1 saturated carbocycles. The molecule has 0 aromatic heterocycles. The zero-order valence-electron chi connectivity index (χ0n) is 20.7. The Morgan fingerprint density at radius 3 is 2.43 bits per heavy atom. The molecule has 0 saturated heterocycles. The molecule has 0 unspecified atom stereocenters. The zero-order valence-corrected chi connectivity index (χ0v) is 20.7. The first-order valence-corrected chi connectivity index (χ1v) is 12.4. The molecule has 0 aliphatic heterocycles. The van der Waals surface area contributed by atoms with Crippen LogP contribution in [0.5, 0.6) is 23.0 Å². The minimum atomic E-state index is -0.329. The summed E-state index contributed by atoms with van der Waals surface area (Å²) in [5.74, 6) is 1.46. The Labute approximate surface area is 207 Å². The second kappa shape index (κ2) is 13.0. The summed E-state index contributed by atoms with van der Waals surface area (Å²) < 4.78 is 16.2. The van der Waals surface area contributed by atoms with Crippen molar-refractivity contribution in [2.45, 2.75) is 64.7 Å². The number of ketones is 1. The fraction of sp³-hybridized carbons (Fsp3) is 0.500. The molecular weight excluding hydrogens is 448 g/mol. The summed E-state index contributed by atoms with van der Waals surface area (Å²) in [5, 5.41) is 20.5. The molecule has 2 aromatic rings. The molecule has 35 heavy (non-hydrogen) atoms. The lowest BCUT2D eigenvalue weighted by molar-refractivity contribution is -0.140. The minimum absolute atomic E-state index is 0.00360. The fourth-order valence-corrected chi connectivity index (χ4v) is 4.42. The van der Waals surface area contributed by atoms with E-state index in [0.717, 1.165) is 25.7 Å². The molecule has 0 radical (unpaired) electrons. The van der Waals surface area contributed by atoms with Crippen LogP contribution in [0.15, 0.2) is 30.3 Å². The fourth-order valence-electron chi connectivity index (χ4n) is 4.42. The highest BCUT2D eigenvalue weighted by atomic mass is 16.5. The van der Waals surface area contributed by atoms with Crippen molar-refractivity contribution in [3.05, 3.63) is 47.0 Å². The predicted molar refractivity (Wildman–Crippen MR) is 132 cm³/mol. The summed E-state index contributed by atoms with van der Waals surface area (Å²) in [5.41, 5.74) is 1.61. The van der Waals surface area contributed by atoms with Crippen molar-refractivity contribution in [1.29, 1.82) is 0 Å². The van der Waals surface area contributed by atoms with Crippen molar-refractivity contribution in [3.63, 3.8) is 0 Å². The molecular formula is C28H36O7. The van der Waals surface area contributed by atoms with Crippen LogP contribution in [0.1, 0.15) is 72.9 Å². The van der Waals surface area contributed by atoms with E-state index < -0.39 is 0 Å². The number of carbonyl (C=O) groups is 2. The number of methoxy groups -OCH3 is 1. The van der Waals surface area contributed by atoms with Gasteiger partial charge in [-0.05, 0) is 68.0 Å². The molecule has 1 aliphatic carbocycles. The molecule has 190 valence electrons. The number of hydrogen-bond acceptors (Lipinski definition) is 7. The highest BCUT2D eigenvalue weighted by Gasteiger charge is 2.22. The van der Waals surface area contributed by atoms with Gasteiger partial charge in [-0.15, -0.1) is 0 Å². The number of benzene rings is 2. The Morgan fingerprint density at radius 1 is 1.00 bits per heavy atom. The minimum Gasteiger partial charge on any atom is -0.508 e. The molecule has 7 nitrogen and oxygen atoms in total. The number of hydrogen-bond donors (Lipinski definition) is 2. The summed E-state index contributed by atoms with van der Waals surface area (Å²) in [6.07, 6.45) is 7.13. The van der Waals surface area contributed by atoms with Gasteiger partial charge in [0, 0.05) is 18.4 Å². The number of phenols is 2. The van der Waals surface area contributed by atoms with Gasteiger partial charge in [0.15, 0.2) is 5.78 Å². The highest BCUT2D eigenvalue weighted by Crippen LogP contribution is 2.34. The maximum absolute atomic E-state index is 12.6. The molecule has 7 heteroatoms. The van der Waals surface area contributed by atoms with Crippen LogP contribution in [0.3, 0.4) is 0 Å². The molecule has 2 N–H and O–H groups in total. The highest BCUT2D eigenvalue weighted by molar-refractivity contribution is 5.99. The molecule has 2 aromatic carbocycles. The second-order valence-corrected chi connectivity index (χ2v) is 9.13. The molecule has 1 fully saturated rings. The average Bonchev–Trinajstić information content (AvgIpc) is 3.36. The van der Waals surface area contributed by atoms with Crippen LogP contribution in [0.2, 0.25) is 0 Å². The average molecular weight is 485 g/mol. The number of aryl methyl sites for hydroxylation is 1. The summed E-state index contributed by atoms with van der Waals surface area (Å²) >= 11 is 0. The SMILES string of the molecule is COC(=O)CCc1cc(OCCCCOc2ccc(C(=O)CC3CCCC3)c(O)c2C)ccc1O. The second-order valence-electron chi connectivity index (χ2n) is 9.13.